The molecule has 128 valence electrons. The van der Waals surface area contributed by atoms with Gasteiger partial charge in [-0.3, -0.25) is 9.48 Å². The zero-order valence-electron chi connectivity index (χ0n) is 14.6. The molecule has 3 heterocycles. The maximum absolute atomic E-state index is 12.7. The van der Waals surface area contributed by atoms with Crippen LogP contribution in [-0.4, -0.2) is 46.2 Å². The summed E-state index contributed by atoms with van der Waals surface area (Å²) in [4.78, 5) is 21.1. The number of hydrogen-bond acceptors (Lipinski definition) is 4. The van der Waals surface area contributed by atoms with Crippen LogP contribution >= 0.6 is 0 Å². The molecule has 0 unspecified atom stereocenters. The van der Waals surface area contributed by atoms with Crippen LogP contribution in [0.1, 0.15) is 36.6 Å². The summed E-state index contributed by atoms with van der Waals surface area (Å²) < 4.78 is 1.83. The van der Waals surface area contributed by atoms with E-state index in [1.807, 2.05) is 54.0 Å². The summed E-state index contributed by atoms with van der Waals surface area (Å²) in [5.41, 5.74) is 2.28. The molecule has 6 heteroatoms. The largest absolute Gasteiger partial charge is 0.363 e. The molecule has 0 aliphatic carbocycles. The van der Waals surface area contributed by atoms with Crippen molar-refractivity contribution in [3.8, 4) is 0 Å². The van der Waals surface area contributed by atoms with Gasteiger partial charge in [0.05, 0.1) is 6.04 Å². The van der Waals surface area contributed by atoms with Crippen LogP contribution in [0.2, 0.25) is 0 Å². The average Bonchev–Trinajstić information content (AvgIpc) is 3.21. The Morgan fingerprint density at radius 1 is 1.33 bits per heavy atom. The quantitative estimate of drug-likeness (QED) is 0.845. The Morgan fingerprint density at radius 3 is 2.88 bits per heavy atom. The van der Waals surface area contributed by atoms with Gasteiger partial charge in [-0.1, -0.05) is 0 Å². The second-order valence-electron chi connectivity index (χ2n) is 6.53. The van der Waals surface area contributed by atoms with Crippen LogP contribution in [0, 0.1) is 0 Å². The molecule has 1 aliphatic heterocycles. The molecule has 0 radical (unpaired) electrons. The first kappa shape index (κ1) is 16.5. The van der Waals surface area contributed by atoms with Crippen LogP contribution in [0.5, 0.6) is 0 Å². The Morgan fingerprint density at radius 2 is 2.17 bits per heavy atom. The van der Waals surface area contributed by atoms with E-state index in [0.717, 1.165) is 37.3 Å². The van der Waals surface area contributed by atoms with Gasteiger partial charge < -0.3 is 9.80 Å². The lowest BCUT2D eigenvalue weighted by Crippen LogP contribution is -2.31. The normalized spacial score (nSPS) is 17.3. The first-order valence-electron chi connectivity index (χ1n) is 8.46. The minimum Gasteiger partial charge on any atom is -0.363 e. The van der Waals surface area contributed by atoms with Crippen molar-refractivity contribution in [1.29, 1.82) is 0 Å². The van der Waals surface area contributed by atoms with Gasteiger partial charge in [0.25, 0.3) is 0 Å². The third-order valence-corrected chi connectivity index (χ3v) is 4.70. The summed E-state index contributed by atoms with van der Waals surface area (Å²) in [6.45, 7) is 0.842. The molecule has 2 aromatic rings. The van der Waals surface area contributed by atoms with Gasteiger partial charge in [0.15, 0.2) is 0 Å². The van der Waals surface area contributed by atoms with Crippen molar-refractivity contribution in [3.05, 3.63) is 41.9 Å². The molecule has 6 nitrogen and oxygen atoms in total. The van der Waals surface area contributed by atoms with E-state index in [1.54, 1.807) is 6.20 Å². The minimum atomic E-state index is 0.172. The van der Waals surface area contributed by atoms with E-state index in [-0.39, 0.29) is 11.9 Å². The number of hydrogen-bond donors (Lipinski definition) is 0. The Hall–Kier alpha value is -2.37. The maximum atomic E-state index is 12.7. The lowest BCUT2D eigenvalue weighted by Gasteiger charge is -2.26. The van der Waals surface area contributed by atoms with E-state index in [1.165, 1.54) is 5.56 Å². The average molecular weight is 327 g/mol. The van der Waals surface area contributed by atoms with Gasteiger partial charge in [0.1, 0.15) is 5.82 Å². The molecule has 0 spiro atoms. The van der Waals surface area contributed by atoms with Crippen LogP contribution in [0.25, 0.3) is 0 Å². The van der Waals surface area contributed by atoms with Gasteiger partial charge >= 0.3 is 0 Å². The number of amides is 1. The van der Waals surface area contributed by atoms with E-state index in [2.05, 4.69) is 16.1 Å². The molecule has 0 N–H and O–H groups in total. The van der Waals surface area contributed by atoms with E-state index in [9.17, 15) is 4.79 Å². The predicted octanol–water partition coefficient (Wildman–Crippen LogP) is 2.18. The van der Waals surface area contributed by atoms with E-state index < -0.39 is 0 Å². The molecule has 0 saturated carbocycles. The second kappa shape index (κ2) is 7.03. The van der Waals surface area contributed by atoms with Gasteiger partial charge in [-0.25, -0.2) is 4.98 Å². The highest BCUT2D eigenvalue weighted by atomic mass is 16.2. The smallest absolute Gasteiger partial charge is 0.223 e. The van der Waals surface area contributed by atoms with Gasteiger partial charge in [-0.05, 0) is 43.0 Å². The fourth-order valence-electron chi connectivity index (χ4n) is 3.32. The minimum absolute atomic E-state index is 0.172. The molecule has 2 aromatic heterocycles. The molecule has 0 bridgehead atoms. The van der Waals surface area contributed by atoms with E-state index in [4.69, 9.17) is 0 Å². The van der Waals surface area contributed by atoms with Crippen LogP contribution in [0.3, 0.4) is 0 Å². The van der Waals surface area contributed by atoms with Crippen molar-refractivity contribution < 1.29 is 4.79 Å². The summed E-state index contributed by atoms with van der Waals surface area (Å²) in [6, 6.07) is 6.27. The van der Waals surface area contributed by atoms with Crippen molar-refractivity contribution in [2.24, 2.45) is 7.05 Å². The Bertz CT molecular complexity index is 709. The number of anilines is 1. The van der Waals surface area contributed by atoms with Crippen molar-refractivity contribution in [2.45, 2.75) is 31.7 Å². The van der Waals surface area contributed by atoms with Gasteiger partial charge in [-0.2, -0.15) is 5.10 Å². The highest BCUT2D eigenvalue weighted by Gasteiger charge is 2.30. The maximum Gasteiger partial charge on any atom is 0.223 e. The van der Waals surface area contributed by atoms with E-state index in [0.29, 0.717) is 6.42 Å². The molecule has 1 saturated heterocycles. The predicted molar refractivity (Wildman–Crippen MR) is 93.8 cm³/mol. The molecule has 1 fully saturated rings. The molecule has 1 amide bonds. The van der Waals surface area contributed by atoms with Crippen molar-refractivity contribution in [1.82, 2.24) is 19.7 Å². The van der Waals surface area contributed by atoms with Crippen LogP contribution < -0.4 is 4.90 Å². The topological polar surface area (TPSA) is 54.3 Å². The Kier molecular flexibility index (Phi) is 4.83. The van der Waals surface area contributed by atoms with E-state index >= 15 is 0 Å². The third-order valence-electron chi connectivity index (χ3n) is 4.70. The number of rotatable bonds is 5. The number of carbonyl (C=O) groups is 1. The molecule has 1 aliphatic rings. The third kappa shape index (κ3) is 3.42. The fraction of sp³-hybridized carbons (Fsp3) is 0.500. The molecule has 0 aromatic carbocycles. The molecule has 1 atom stereocenters. The van der Waals surface area contributed by atoms with Crippen molar-refractivity contribution >= 4 is 11.7 Å². The zero-order valence-corrected chi connectivity index (χ0v) is 14.6. The monoisotopic (exact) mass is 327 g/mol. The summed E-state index contributed by atoms with van der Waals surface area (Å²) >= 11 is 0. The highest BCUT2D eigenvalue weighted by molar-refractivity contribution is 5.77. The Labute approximate surface area is 143 Å². The van der Waals surface area contributed by atoms with Gasteiger partial charge in [-0.15, -0.1) is 0 Å². The first-order chi connectivity index (χ1) is 11.6. The molecular formula is C18H25N5O. The van der Waals surface area contributed by atoms with Crippen molar-refractivity contribution in [2.75, 3.05) is 25.5 Å². The Balaban J connectivity index is 1.69. The molecular weight excluding hydrogens is 302 g/mol. The standard InChI is InChI=1S/C18H25N5O/c1-21(2)17-13-14(8-10-19-17)16-5-4-12-23(16)18(24)7-6-15-9-11-20-22(15)3/h8-11,13,16H,4-7,12H2,1-3H3/t16-/m1/s1. The van der Waals surface area contributed by atoms with Crippen LogP contribution in [-0.2, 0) is 18.3 Å². The summed E-state index contributed by atoms with van der Waals surface area (Å²) in [7, 11) is 5.88. The number of carbonyl (C=O) groups excluding carboxylic acids is 1. The highest BCUT2D eigenvalue weighted by Crippen LogP contribution is 2.33. The van der Waals surface area contributed by atoms with Crippen LogP contribution in [0.4, 0.5) is 5.82 Å². The SMILES string of the molecule is CN(C)c1cc([C@H]2CCCN2C(=O)CCc2ccnn2C)ccn1. The number of pyridine rings is 1. The number of aromatic nitrogens is 3. The number of aryl methyl sites for hydroxylation is 2. The zero-order chi connectivity index (χ0) is 17.1. The fourth-order valence-corrected chi connectivity index (χ4v) is 3.32. The lowest BCUT2D eigenvalue weighted by molar-refractivity contribution is -0.132. The molecule has 24 heavy (non-hydrogen) atoms. The summed E-state index contributed by atoms with van der Waals surface area (Å²) in [5.74, 6) is 1.16. The first-order valence-corrected chi connectivity index (χ1v) is 8.46. The van der Waals surface area contributed by atoms with Crippen molar-refractivity contribution in [3.63, 3.8) is 0 Å². The van der Waals surface area contributed by atoms with Crippen LogP contribution in [0.15, 0.2) is 30.6 Å². The number of likely N-dealkylation sites (tertiary alicyclic amines) is 1. The number of nitrogens with zero attached hydrogens (tertiary/aromatic N) is 5. The molecule has 3 rings (SSSR count). The summed E-state index contributed by atoms with van der Waals surface area (Å²) in [5, 5.41) is 4.16. The van der Waals surface area contributed by atoms with Gasteiger partial charge in [0.2, 0.25) is 5.91 Å². The summed E-state index contributed by atoms with van der Waals surface area (Å²) in [6.07, 6.45) is 6.95. The second-order valence-corrected chi connectivity index (χ2v) is 6.53. The lowest BCUT2D eigenvalue weighted by atomic mass is 10.1. The van der Waals surface area contributed by atoms with Gasteiger partial charge in [0, 0.05) is 52.2 Å².